The number of alkyl carbamates (subject to hydrolysis) is 1. The quantitative estimate of drug-likeness (QED) is 0.0896. The minimum absolute atomic E-state index is 0. The molecule has 6 rings (SSSR count). The topological polar surface area (TPSA) is 198 Å². The van der Waals surface area contributed by atoms with Crippen LogP contribution in [0.25, 0.3) is 0 Å². The number of ether oxygens (including phenoxy) is 3. The zero-order valence-corrected chi connectivity index (χ0v) is 44.4. The SMILES string of the molecule is CCOC(=O)C1CCN(C(=O)C2SCCN2C(=O)C[C@@H](Cc2cc(F)c(F)cc2F)NC(=O)OC(C)(C)C)CC1.CCOC(=O)C1CCN(C(=O)C2SCCN2C(=O)C[C@H](N)Cc2cc(F)c(F)cc2F)CC1.Cl. The number of nitrogens with two attached hydrogens (primary N) is 1. The Bertz CT molecular complexity index is 2320. The number of hydrogen-bond donors (Lipinski definition) is 2. The summed E-state index contributed by atoms with van der Waals surface area (Å²) in [7, 11) is 0. The van der Waals surface area contributed by atoms with Crippen molar-refractivity contribution in [2.75, 3.05) is 64.0 Å². The largest absolute Gasteiger partial charge is 0.466 e. The Morgan fingerprint density at radius 3 is 1.42 bits per heavy atom. The lowest BCUT2D eigenvalue weighted by molar-refractivity contribution is -0.152. The fraction of sp³-hybridized carbons (Fsp3) is 0.612. The highest BCUT2D eigenvalue weighted by Crippen LogP contribution is 2.31. The predicted molar refractivity (Wildman–Crippen MR) is 265 cm³/mol. The van der Waals surface area contributed by atoms with Crippen molar-refractivity contribution in [3.05, 3.63) is 70.3 Å². The van der Waals surface area contributed by atoms with Gasteiger partial charge in [-0.15, -0.1) is 35.9 Å². The van der Waals surface area contributed by atoms with Crippen molar-refractivity contribution in [2.45, 2.75) is 114 Å². The van der Waals surface area contributed by atoms with E-state index >= 15 is 0 Å². The molecule has 74 heavy (non-hydrogen) atoms. The first-order valence-corrected chi connectivity index (χ1v) is 26.3. The molecule has 0 saturated carbocycles. The van der Waals surface area contributed by atoms with Crippen LogP contribution in [0, 0.1) is 46.7 Å². The third-order valence-corrected chi connectivity index (χ3v) is 14.8. The van der Waals surface area contributed by atoms with Crippen LogP contribution in [0.4, 0.5) is 31.1 Å². The Labute approximate surface area is 441 Å². The van der Waals surface area contributed by atoms with E-state index in [9.17, 15) is 59.9 Å². The smallest absolute Gasteiger partial charge is 0.407 e. The second-order valence-electron chi connectivity index (χ2n) is 19.0. The molecule has 2 aromatic rings. The number of thioether (sulfide) groups is 2. The fourth-order valence-corrected chi connectivity index (χ4v) is 11.2. The normalized spacial score (nSPS) is 19.1. The molecule has 0 spiro atoms. The van der Waals surface area contributed by atoms with Crippen LogP contribution >= 0.6 is 35.9 Å². The lowest BCUT2D eigenvalue weighted by Crippen LogP contribution is -2.51. The summed E-state index contributed by atoms with van der Waals surface area (Å²) in [6.45, 7) is 11.3. The molecule has 5 amide bonds. The zero-order chi connectivity index (χ0) is 53.7. The molecule has 4 aliphatic heterocycles. The molecule has 0 aliphatic carbocycles. The zero-order valence-electron chi connectivity index (χ0n) is 41.9. The first-order valence-electron chi connectivity index (χ1n) is 24.2. The maximum absolute atomic E-state index is 14.4. The molecule has 25 heteroatoms. The monoisotopic (exact) mass is 1110 g/mol. The number of likely N-dealkylation sites (tertiary alicyclic amines) is 2. The maximum Gasteiger partial charge on any atom is 0.407 e. The first kappa shape index (κ1) is 61.6. The molecular weight excluding hydrogens is 1050 g/mol. The average Bonchev–Trinajstić information content (AvgIpc) is 4.04. The van der Waals surface area contributed by atoms with Gasteiger partial charge in [0, 0.05) is 87.8 Å². The van der Waals surface area contributed by atoms with Crippen molar-refractivity contribution in [1.82, 2.24) is 24.9 Å². The maximum atomic E-state index is 14.4. The van der Waals surface area contributed by atoms with Gasteiger partial charge in [0.15, 0.2) is 34.0 Å². The van der Waals surface area contributed by atoms with E-state index in [0.717, 1.165) is 6.07 Å². The Morgan fingerprint density at radius 1 is 0.622 bits per heavy atom. The molecule has 0 aromatic heterocycles. The minimum Gasteiger partial charge on any atom is -0.466 e. The van der Waals surface area contributed by atoms with Crippen molar-refractivity contribution in [2.24, 2.45) is 17.6 Å². The van der Waals surface area contributed by atoms with Gasteiger partial charge in [0.05, 0.1) is 25.0 Å². The number of hydrogen-bond acceptors (Lipinski definition) is 13. The third-order valence-electron chi connectivity index (χ3n) is 12.4. The molecule has 2 unspecified atom stereocenters. The van der Waals surface area contributed by atoms with E-state index in [1.165, 1.54) is 33.3 Å². The van der Waals surface area contributed by atoms with Gasteiger partial charge in [-0.3, -0.25) is 28.8 Å². The molecule has 412 valence electrons. The summed E-state index contributed by atoms with van der Waals surface area (Å²) in [6, 6.07) is 0.454. The number of amides is 5. The van der Waals surface area contributed by atoms with Crippen molar-refractivity contribution < 1.29 is 74.1 Å². The molecule has 16 nitrogen and oxygen atoms in total. The summed E-state index contributed by atoms with van der Waals surface area (Å²) in [5, 5.41) is 1.07. The number of esters is 2. The molecule has 4 fully saturated rings. The second kappa shape index (κ2) is 28.3. The van der Waals surface area contributed by atoms with E-state index in [1.807, 2.05) is 0 Å². The van der Waals surface area contributed by atoms with Gasteiger partial charge in [0.1, 0.15) is 17.2 Å². The molecule has 4 atom stereocenters. The number of nitrogens with one attached hydrogen (secondary N) is 1. The molecule has 4 saturated heterocycles. The van der Waals surface area contributed by atoms with Gasteiger partial charge in [-0.1, -0.05) is 0 Å². The number of halogens is 7. The third kappa shape index (κ3) is 17.3. The molecule has 4 heterocycles. The van der Waals surface area contributed by atoms with Gasteiger partial charge < -0.3 is 44.9 Å². The van der Waals surface area contributed by atoms with E-state index in [2.05, 4.69) is 5.32 Å². The number of benzene rings is 2. The van der Waals surface area contributed by atoms with E-state index in [-0.39, 0.29) is 97.3 Å². The number of piperidine rings is 2. The van der Waals surface area contributed by atoms with Crippen LogP contribution < -0.4 is 11.1 Å². The van der Waals surface area contributed by atoms with Crippen molar-refractivity contribution in [1.29, 1.82) is 0 Å². The highest BCUT2D eigenvalue weighted by molar-refractivity contribution is 8.01. The predicted octanol–water partition coefficient (Wildman–Crippen LogP) is 6.12. The Balaban J connectivity index is 0.000000322. The van der Waals surface area contributed by atoms with Crippen LogP contribution in [0.15, 0.2) is 24.3 Å². The van der Waals surface area contributed by atoms with Crippen molar-refractivity contribution in [3.63, 3.8) is 0 Å². The Hall–Kier alpha value is -4.94. The molecule has 2 aromatic carbocycles. The molecule has 0 bridgehead atoms. The van der Waals surface area contributed by atoms with Crippen LogP contribution in [0.3, 0.4) is 0 Å². The summed E-state index contributed by atoms with van der Waals surface area (Å²) in [6.07, 6.45) is 0.169. The van der Waals surface area contributed by atoms with Gasteiger partial charge in [0.25, 0.3) is 11.8 Å². The summed E-state index contributed by atoms with van der Waals surface area (Å²) in [5.74, 6) is -8.18. The molecule has 3 N–H and O–H groups in total. The van der Waals surface area contributed by atoms with Crippen LogP contribution in [-0.4, -0.2) is 154 Å². The summed E-state index contributed by atoms with van der Waals surface area (Å²) in [5.41, 5.74) is 4.81. The summed E-state index contributed by atoms with van der Waals surface area (Å²) < 4.78 is 97.5. The molecule has 0 radical (unpaired) electrons. The Morgan fingerprint density at radius 2 is 1.01 bits per heavy atom. The van der Waals surface area contributed by atoms with Crippen LogP contribution in [0.5, 0.6) is 0 Å². The second-order valence-corrected chi connectivity index (χ2v) is 21.3. The van der Waals surface area contributed by atoms with E-state index < -0.39 is 75.3 Å². The minimum atomic E-state index is -1.35. The van der Waals surface area contributed by atoms with E-state index in [1.54, 1.807) is 44.4 Å². The first-order chi connectivity index (χ1) is 34.5. The van der Waals surface area contributed by atoms with Crippen molar-refractivity contribution >= 4 is 77.6 Å². The number of carbonyl (C=O) groups excluding carboxylic acids is 7. The molecule has 4 aliphatic rings. The van der Waals surface area contributed by atoms with E-state index in [0.29, 0.717) is 101 Å². The summed E-state index contributed by atoms with van der Waals surface area (Å²) >= 11 is 2.68. The highest BCUT2D eigenvalue weighted by Gasteiger charge is 2.41. The van der Waals surface area contributed by atoms with Crippen LogP contribution in [-0.2, 0) is 55.8 Å². The van der Waals surface area contributed by atoms with Crippen molar-refractivity contribution in [3.8, 4) is 0 Å². The van der Waals surface area contributed by atoms with Gasteiger partial charge >= 0.3 is 18.0 Å². The average molecular weight is 1110 g/mol. The van der Waals surface area contributed by atoms with Crippen LogP contribution in [0.1, 0.15) is 84.3 Å². The van der Waals surface area contributed by atoms with Gasteiger partial charge in [-0.05, 0) is 96.4 Å². The summed E-state index contributed by atoms with van der Waals surface area (Å²) in [4.78, 5) is 95.2. The van der Waals surface area contributed by atoms with Gasteiger partial charge in [-0.25, -0.2) is 31.1 Å². The highest BCUT2D eigenvalue weighted by atomic mass is 35.5. The lowest BCUT2D eigenvalue weighted by atomic mass is 9.97. The number of carbonyl (C=O) groups is 7. The van der Waals surface area contributed by atoms with Crippen LogP contribution in [0.2, 0.25) is 0 Å². The standard InChI is InChI=1S/C27H36F3N3O6S.C22H28F3N3O4S.ClH/c1-5-38-25(36)16-6-8-32(9-7-16)23(35)24-33(10-11-40-24)22(34)14-18(31-26(37)39-27(2,3)4)12-17-13-20(29)21(30)15-19(17)28;1-2-32-22(31)13-3-5-27(6-4-13)20(30)21-28(7-8-33-21)19(29)11-15(26)9-14-10-17(24)18(25)12-16(14)23;/h13,15-16,18,24H,5-12,14H2,1-4H3,(H,31,37);10,12-13,15,21H,2-9,11,26H2,1H3;1H/t18-,24?;15-,21?;/m11./s1. The van der Waals surface area contributed by atoms with E-state index in [4.69, 9.17) is 19.9 Å². The number of rotatable bonds is 15. The Kier molecular flexibility index (Phi) is 23.5. The fourth-order valence-electron chi connectivity index (χ4n) is 8.74. The lowest BCUT2D eigenvalue weighted by Gasteiger charge is -2.34. The molecular formula is C49H65ClF6N6O10S2. The number of nitrogens with zero attached hydrogens (tertiary/aromatic N) is 4. The van der Waals surface area contributed by atoms with Gasteiger partial charge in [0.2, 0.25) is 11.8 Å². The van der Waals surface area contributed by atoms with Gasteiger partial charge in [-0.2, -0.15) is 0 Å².